The van der Waals surface area contributed by atoms with E-state index in [2.05, 4.69) is 17.0 Å². The zero-order valence-corrected chi connectivity index (χ0v) is 13.2. The molecule has 6 heteroatoms. The van der Waals surface area contributed by atoms with Gasteiger partial charge in [-0.3, -0.25) is 4.72 Å². The van der Waals surface area contributed by atoms with E-state index in [1.54, 1.807) is 4.31 Å². The van der Waals surface area contributed by atoms with Gasteiger partial charge >= 0.3 is 10.2 Å². The molecule has 5 nitrogen and oxygen atoms in total. The van der Waals surface area contributed by atoms with E-state index in [0.717, 1.165) is 37.9 Å². The van der Waals surface area contributed by atoms with Crippen molar-refractivity contribution in [2.75, 3.05) is 29.7 Å². The Kier molecular flexibility index (Phi) is 4.08. The first kappa shape index (κ1) is 14.7. The van der Waals surface area contributed by atoms with Crippen LogP contribution in [0.15, 0.2) is 18.2 Å². The fourth-order valence-electron chi connectivity index (χ4n) is 2.98. The van der Waals surface area contributed by atoms with Crippen molar-refractivity contribution in [2.24, 2.45) is 5.92 Å². The molecule has 0 spiro atoms. The molecule has 1 saturated heterocycles. The third-order valence-corrected chi connectivity index (χ3v) is 5.91. The molecule has 21 heavy (non-hydrogen) atoms. The van der Waals surface area contributed by atoms with Crippen molar-refractivity contribution in [3.63, 3.8) is 0 Å². The van der Waals surface area contributed by atoms with Gasteiger partial charge in [-0.2, -0.15) is 12.7 Å². The van der Waals surface area contributed by atoms with Gasteiger partial charge in [-0.15, -0.1) is 0 Å². The number of rotatable bonds is 3. The normalized spacial score (nSPS) is 20.6. The Morgan fingerprint density at radius 3 is 2.81 bits per heavy atom. The van der Waals surface area contributed by atoms with Crippen LogP contribution in [0.4, 0.5) is 11.4 Å². The molecule has 0 radical (unpaired) electrons. The molecule has 116 valence electrons. The fourth-order valence-corrected chi connectivity index (χ4v) is 4.22. The topological polar surface area (TPSA) is 61.4 Å². The summed E-state index contributed by atoms with van der Waals surface area (Å²) < 4.78 is 29.1. The van der Waals surface area contributed by atoms with Gasteiger partial charge in [-0.05, 0) is 55.4 Å². The summed E-state index contributed by atoms with van der Waals surface area (Å²) in [4.78, 5) is 0. The second-order valence-corrected chi connectivity index (χ2v) is 7.76. The van der Waals surface area contributed by atoms with Crippen LogP contribution in [0.1, 0.15) is 31.7 Å². The van der Waals surface area contributed by atoms with E-state index in [1.807, 2.05) is 18.2 Å². The molecular formula is C15H23N3O2S. The highest BCUT2D eigenvalue weighted by Crippen LogP contribution is 2.26. The van der Waals surface area contributed by atoms with Crippen LogP contribution in [0.3, 0.4) is 0 Å². The number of fused-ring (bicyclic) bond motifs is 1. The number of nitrogens with one attached hydrogen (secondary N) is 2. The summed E-state index contributed by atoms with van der Waals surface area (Å²) in [5, 5.41) is 3.33. The van der Waals surface area contributed by atoms with Crippen LogP contribution in [0.5, 0.6) is 0 Å². The standard InChI is InChI=1S/C15H23N3O2S/c1-12-6-9-18(10-7-12)21(19,20)17-14-4-5-15-13(11-14)3-2-8-16-15/h4-5,11-12,16-17H,2-3,6-10H2,1H3. The van der Waals surface area contributed by atoms with Gasteiger partial charge < -0.3 is 5.32 Å². The molecule has 0 bridgehead atoms. The average molecular weight is 309 g/mol. The van der Waals surface area contributed by atoms with Gasteiger partial charge in [0.1, 0.15) is 0 Å². The molecule has 0 saturated carbocycles. The Morgan fingerprint density at radius 1 is 1.29 bits per heavy atom. The third-order valence-electron chi connectivity index (χ3n) is 4.37. The smallest absolute Gasteiger partial charge is 0.301 e. The first-order chi connectivity index (χ1) is 10.0. The number of hydrogen-bond acceptors (Lipinski definition) is 3. The summed E-state index contributed by atoms with van der Waals surface area (Å²) in [6.07, 6.45) is 3.97. The molecule has 2 N–H and O–H groups in total. The third kappa shape index (κ3) is 3.32. The van der Waals surface area contributed by atoms with Crippen molar-refractivity contribution >= 4 is 21.6 Å². The molecule has 0 aromatic heterocycles. The first-order valence-electron chi connectivity index (χ1n) is 7.69. The minimum absolute atomic E-state index is 0.614. The molecule has 0 aliphatic carbocycles. The number of benzene rings is 1. The summed E-state index contributed by atoms with van der Waals surface area (Å²) in [6, 6.07) is 5.75. The van der Waals surface area contributed by atoms with Crippen molar-refractivity contribution in [3.8, 4) is 0 Å². The average Bonchev–Trinajstić information content (AvgIpc) is 2.47. The lowest BCUT2D eigenvalue weighted by atomic mass is 10.0. The molecule has 2 aliphatic rings. The molecule has 3 rings (SSSR count). The van der Waals surface area contributed by atoms with E-state index in [-0.39, 0.29) is 0 Å². The minimum Gasteiger partial charge on any atom is -0.385 e. The highest BCUT2D eigenvalue weighted by atomic mass is 32.2. The maximum absolute atomic E-state index is 12.4. The van der Waals surface area contributed by atoms with Crippen molar-refractivity contribution in [2.45, 2.75) is 32.6 Å². The zero-order chi connectivity index (χ0) is 14.9. The van der Waals surface area contributed by atoms with Gasteiger partial charge in [0.05, 0.1) is 5.69 Å². The summed E-state index contributed by atoms with van der Waals surface area (Å²) in [5.41, 5.74) is 2.97. The molecule has 0 atom stereocenters. The van der Waals surface area contributed by atoms with E-state index in [9.17, 15) is 8.42 Å². The van der Waals surface area contributed by atoms with E-state index in [0.29, 0.717) is 24.7 Å². The predicted octanol–water partition coefficient (Wildman–Crippen LogP) is 2.43. The molecule has 1 aromatic rings. The van der Waals surface area contributed by atoms with Crippen molar-refractivity contribution in [1.82, 2.24) is 4.31 Å². The molecule has 2 heterocycles. The van der Waals surface area contributed by atoms with Gasteiger partial charge in [-0.1, -0.05) is 6.92 Å². The van der Waals surface area contributed by atoms with E-state index in [4.69, 9.17) is 0 Å². The number of aryl methyl sites for hydroxylation is 1. The summed E-state index contributed by atoms with van der Waals surface area (Å²) >= 11 is 0. The second-order valence-electron chi connectivity index (χ2n) is 6.09. The highest BCUT2D eigenvalue weighted by Gasteiger charge is 2.26. The quantitative estimate of drug-likeness (QED) is 0.901. The van der Waals surface area contributed by atoms with Crippen molar-refractivity contribution in [3.05, 3.63) is 23.8 Å². The van der Waals surface area contributed by atoms with Gasteiger partial charge in [0.25, 0.3) is 0 Å². The summed E-state index contributed by atoms with van der Waals surface area (Å²) in [6.45, 7) is 4.39. The lowest BCUT2D eigenvalue weighted by Crippen LogP contribution is -2.41. The number of piperidine rings is 1. The molecule has 1 aromatic carbocycles. The largest absolute Gasteiger partial charge is 0.385 e. The predicted molar refractivity (Wildman–Crippen MR) is 85.8 cm³/mol. The Hall–Kier alpha value is -1.27. The van der Waals surface area contributed by atoms with Crippen LogP contribution in [0.2, 0.25) is 0 Å². The van der Waals surface area contributed by atoms with Gasteiger partial charge in [0.2, 0.25) is 0 Å². The lowest BCUT2D eigenvalue weighted by molar-refractivity contribution is 0.289. The lowest BCUT2D eigenvalue weighted by Gasteiger charge is -2.29. The molecule has 0 amide bonds. The number of nitrogens with zero attached hydrogens (tertiary/aromatic N) is 1. The monoisotopic (exact) mass is 309 g/mol. The van der Waals surface area contributed by atoms with E-state index in [1.165, 1.54) is 5.56 Å². The highest BCUT2D eigenvalue weighted by molar-refractivity contribution is 7.90. The summed E-state index contributed by atoms with van der Waals surface area (Å²) in [5.74, 6) is 0.617. The van der Waals surface area contributed by atoms with Crippen LogP contribution in [-0.2, 0) is 16.6 Å². The molecule has 1 fully saturated rings. The number of hydrogen-bond donors (Lipinski definition) is 2. The number of anilines is 2. The SMILES string of the molecule is CC1CCN(S(=O)(=O)Nc2ccc3c(c2)CCCN3)CC1. The first-order valence-corrected chi connectivity index (χ1v) is 9.13. The van der Waals surface area contributed by atoms with Gasteiger partial charge in [-0.25, -0.2) is 0 Å². The molecule has 2 aliphatic heterocycles. The summed E-state index contributed by atoms with van der Waals surface area (Å²) in [7, 11) is -3.42. The van der Waals surface area contributed by atoms with Crippen LogP contribution >= 0.6 is 0 Å². The molecule has 0 unspecified atom stereocenters. The van der Waals surface area contributed by atoms with Crippen LogP contribution < -0.4 is 10.0 Å². The Morgan fingerprint density at radius 2 is 2.05 bits per heavy atom. The van der Waals surface area contributed by atoms with Crippen LogP contribution in [-0.4, -0.2) is 32.4 Å². The second kappa shape index (κ2) is 5.85. The van der Waals surface area contributed by atoms with Gasteiger partial charge in [0.15, 0.2) is 0 Å². The van der Waals surface area contributed by atoms with E-state index < -0.39 is 10.2 Å². The Labute approximate surface area is 126 Å². The van der Waals surface area contributed by atoms with E-state index >= 15 is 0 Å². The van der Waals surface area contributed by atoms with Crippen LogP contribution in [0, 0.1) is 5.92 Å². The zero-order valence-electron chi connectivity index (χ0n) is 12.4. The minimum atomic E-state index is -3.42. The maximum Gasteiger partial charge on any atom is 0.301 e. The van der Waals surface area contributed by atoms with Crippen LogP contribution in [0.25, 0.3) is 0 Å². The van der Waals surface area contributed by atoms with Gasteiger partial charge in [0, 0.05) is 25.3 Å². The Balaban J connectivity index is 1.73. The Bertz CT molecular complexity index is 607. The maximum atomic E-state index is 12.4. The van der Waals surface area contributed by atoms with Crippen molar-refractivity contribution in [1.29, 1.82) is 0 Å². The fraction of sp³-hybridized carbons (Fsp3) is 0.600. The molecular weight excluding hydrogens is 286 g/mol. The van der Waals surface area contributed by atoms with Crippen molar-refractivity contribution < 1.29 is 8.42 Å².